The Bertz CT molecular complexity index is 191. The molecule has 1 heteroatoms. The summed E-state index contributed by atoms with van der Waals surface area (Å²) < 4.78 is 5.54. The van der Waals surface area contributed by atoms with E-state index < -0.39 is 0 Å². The Morgan fingerprint density at radius 2 is 2.50 bits per heavy atom. The maximum absolute atomic E-state index is 5.54. The SMILES string of the molecule is CCC1=C[C@H]2C=C[C@@H](C1)O2. The lowest BCUT2D eigenvalue weighted by molar-refractivity contribution is 0.0757. The summed E-state index contributed by atoms with van der Waals surface area (Å²) in [7, 11) is 0. The summed E-state index contributed by atoms with van der Waals surface area (Å²) in [6.07, 6.45) is 9.54. The highest BCUT2D eigenvalue weighted by Gasteiger charge is 2.22. The Morgan fingerprint density at radius 3 is 3.20 bits per heavy atom. The monoisotopic (exact) mass is 136 g/mol. The van der Waals surface area contributed by atoms with E-state index in [9.17, 15) is 0 Å². The summed E-state index contributed by atoms with van der Waals surface area (Å²) in [6.45, 7) is 2.20. The number of rotatable bonds is 1. The largest absolute Gasteiger partial charge is 0.362 e. The van der Waals surface area contributed by atoms with Crippen molar-refractivity contribution in [3.8, 4) is 0 Å². The summed E-state index contributed by atoms with van der Waals surface area (Å²) in [6, 6.07) is 0. The van der Waals surface area contributed by atoms with Crippen molar-refractivity contribution in [1.82, 2.24) is 0 Å². The lowest BCUT2D eigenvalue weighted by atomic mass is 10.0. The summed E-state index contributed by atoms with van der Waals surface area (Å²) in [4.78, 5) is 0. The second-order valence-corrected chi connectivity index (χ2v) is 2.91. The van der Waals surface area contributed by atoms with Gasteiger partial charge in [-0.05, 0) is 12.8 Å². The van der Waals surface area contributed by atoms with Gasteiger partial charge in [0.15, 0.2) is 0 Å². The molecule has 0 aromatic heterocycles. The van der Waals surface area contributed by atoms with Crippen LogP contribution < -0.4 is 0 Å². The smallest absolute Gasteiger partial charge is 0.0949 e. The zero-order valence-corrected chi connectivity index (χ0v) is 6.21. The normalized spacial score (nSPS) is 36.3. The van der Waals surface area contributed by atoms with Gasteiger partial charge in [-0.15, -0.1) is 0 Å². The molecule has 0 saturated heterocycles. The number of fused-ring (bicyclic) bond motifs is 2. The van der Waals surface area contributed by atoms with Gasteiger partial charge < -0.3 is 4.74 Å². The van der Waals surface area contributed by atoms with Crippen LogP contribution in [0.15, 0.2) is 23.8 Å². The minimum Gasteiger partial charge on any atom is -0.362 e. The molecule has 54 valence electrons. The Hall–Kier alpha value is -0.560. The highest BCUT2D eigenvalue weighted by atomic mass is 16.5. The van der Waals surface area contributed by atoms with E-state index in [1.807, 2.05) is 0 Å². The predicted octanol–water partition coefficient (Wildman–Crippen LogP) is 2.05. The zero-order chi connectivity index (χ0) is 6.97. The molecule has 0 amide bonds. The van der Waals surface area contributed by atoms with Crippen LogP contribution in [0.5, 0.6) is 0 Å². The summed E-state index contributed by atoms with van der Waals surface area (Å²) in [5, 5.41) is 0. The Kier molecular flexibility index (Phi) is 1.38. The van der Waals surface area contributed by atoms with E-state index in [4.69, 9.17) is 4.74 Å². The molecule has 0 aromatic carbocycles. The van der Waals surface area contributed by atoms with Crippen LogP contribution in [0.2, 0.25) is 0 Å². The summed E-state index contributed by atoms with van der Waals surface area (Å²) in [5.74, 6) is 0. The fourth-order valence-corrected chi connectivity index (χ4v) is 1.56. The van der Waals surface area contributed by atoms with Crippen molar-refractivity contribution >= 4 is 0 Å². The van der Waals surface area contributed by atoms with Crippen LogP contribution in [0.1, 0.15) is 19.8 Å². The molecule has 2 heterocycles. The standard InChI is InChI=1S/C9H12O/c1-2-7-5-8-3-4-9(6-7)10-8/h3-5,8-9H,2,6H2,1H3/t8-,9+/m1/s1. The third kappa shape index (κ3) is 0.907. The van der Waals surface area contributed by atoms with Crippen molar-refractivity contribution in [3.05, 3.63) is 23.8 Å². The van der Waals surface area contributed by atoms with Gasteiger partial charge in [0.05, 0.1) is 12.2 Å². The highest BCUT2D eigenvalue weighted by molar-refractivity contribution is 5.22. The first-order valence-corrected chi connectivity index (χ1v) is 3.92. The summed E-state index contributed by atoms with van der Waals surface area (Å²) >= 11 is 0. The molecule has 0 N–H and O–H groups in total. The second kappa shape index (κ2) is 2.24. The van der Waals surface area contributed by atoms with Gasteiger partial charge in [0.25, 0.3) is 0 Å². The fraction of sp³-hybridized carbons (Fsp3) is 0.556. The molecule has 0 spiro atoms. The number of ether oxygens (including phenoxy) is 1. The van der Waals surface area contributed by atoms with E-state index in [2.05, 4.69) is 25.2 Å². The van der Waals surface area contributed by atoms with Gasteiger partial charge in [0, 0.05) is 0 Å². The van der Waals surface area contributed by atoms with E-state index in [1.165, 1.54) is 6.42 Å². The van der Waals surface area contributed by atoms with Crippen molar-refractivity contribution in [2.45, 2.75) is 32.0 Å². The van der Waals surface area contributed by atoms with E-state index in [0.717, 1.165) is 6.42 Å². The molecule has 0 unspecified atom stereocenters. The topological polar surface area (TPSA) is 9.23 Å². The molecule has 2 aliphatic rings. The van der Waals surface area contributed by atoms with Crippen LogP contribution >= 0.6 is 0 Å². The van der Waals surface area contributed by atoms with Crippen LogP contribution in [0.25, 0.3) is 0 Å². The van der Waals surface area contributed by atoms with Gasteiger partial charge >= 0.3 is 0 Å². The average Bonchev–Trinajstić information content (AvgIpc) is 2.30. The van der Waals surface area contributed by atoms with Crippen LogP contribution in [0.4, 0.5) is 0 Å². The molecular weight excluding hydrogens is 124 g/mol. The fourth-order valence-electron chi connectivity index (χ4n) is 1.56. The molecule has 2 rings (SSSR count). The molecular formula is C9H12O. The van der Waals surface area contributed by atoms with Crippen molar-refractivity contribution in [1.29, 1.82) is 0 Å². The maximum Gasteiger partial charge on any atom is 0.0949 e. The quantitative estimate of drug-likeness (QED) is 0.501. The average molecular weight is 136 g/mol. The lowest BCUT2D eigenvalue weighted by Crippen LogP contribution is -2.16. The third-order valence-electron chi connectivity index (χ3n) is 2.16. The molecule has 0 aromatic rings. The van der Waals surface area contributed by atoms with E-state index in [1.54, 1.807) is 5.57 Å². The highest BCUT2D eigenvalue weighted by Crippen LogP contribution is 2.27. The summed E-state index contributed by atoms with van der Waals surface area (Å²) in [5.41, 5.74) is 1.55. The Labute approximate surface area is 61.4 Å². The maximum atomic E-state index is 5.54. The van der Waals surface area contributed by atoms with Gasteiger partial charge in [-0.1, -0.05) is 30.7 Å². The van der Waals surface area contributed by atoms with Gasteiger partial charge in [-0.2, -0.15) is 0 Å². The van der Waals surface area contributed by atoms with Gasteiger partial charge in [-0.25, -0.2) is 0 Å². The first-order chi connectivity index (χ1) is 4.88. The van der Waals surface area contributed by atoms with Gasteiger partial charge in [0.2, 0.25) is 0 Å². The first-order valence-electron chi connectivity index (χ1n) is 3.92. The van der Waals surface area contributed by atoms with Crippen molar-refractivity contribution in [3.63, 3.8) is 0 Å². The molecule has 2 aliphatic heterocycles. The first kappa shape index (κ1) is 6.17. The van der Waals surface area contributed by atoms with Crippen LogP contribution in [-0.4, -0.2) is 12.2 Å². The molecule has 2 bridgehead atoms. The van der Waals surface area contributed by atoms with Gasteiger partial charge in [0.1, 0.15) is 0 Å². The molecule has 0 aliphatic carbocycles. The Balaban J connectivity index is 2.17. The van der Waals surface area contributed by atoms with Crippen molar-refractivity contribution in [2.24, 2.45) is 0 Å². The third-order valence-corrected chi connectivity index (χ3v) is 2.16. The Morgan fingerprint density at radius 1 is 1.60 bits per heavy atom. The zero-order valence-electron chi connectivity index (χ0n) is 6.21. The lowest BCUT2D eigenvalue weighted by Gasteiger charge is -2.19. The van der Waals surface area contributed by atoms with Crippen LogP contribution in [-0.2, 0) is 4.74 Å². The van der Waals surface area contributed by atoms with Crippen LogP contribution in [0, 0.1) is 0 Å². The molecule has 1 nitrogen and oxygen atoms in total. The predicted molar refractivity (Wildman–Crippen MR) is 40.8 cm³/mol. The minimum atomic E-state index is 0.300. The number of hydrogen-bond donors (Lipinski definition) is 0. The van der Waals surface area contributed by atoms with Crippen molar-refractivity contribution < 1.29 is 4.74 Å². The van der Waals surface area contributed by atoms with Gasteiger partial charge in [-0.3, -0.25) is 0 Å². The van der Waals surface area contributed by atoms with Crippen LogP contribution in [0.3, 0.4) is 0 Å². The molecule has 0 saturated carbocycles. The second-order valence-electron chi connectivity index (χ2n) is 2.91. The number of hydrogen-bond acceptors (Lipinski definition) is 1. The van der Waals surface area contributed by atoms with E-state index in [-0.39, 0.29) is 0 Å². The molecule has 2 atom stereocenters. The van der Waals surface area contributed by atoms with Crippen molar-refractivity contribution in [2.75, 3.05) is 0 Å². The van der Waals surface area contributed by atoms with E-state index in [0.29, 0.717) is 12.2 Å². The van der Waals surface area contributed by atoms with E-state index >= 15 is 0 Å². The molecule has 0 radical (unpaired) electrons. The molecule has 10 heavy (non-hydrogen) atoms. The minimum absolute atomic E-state index is 0.300. The molecule has 0 fully saturated rings.